The average molecular weight is 269 g/mol. The Balaban J connectivity index is 2.23. The van der Waals surface area contributed by atoms with Crippen LogP contribution in [0.15, 0.2) is 18.2 Å². The van der Waals surface area contributed by atoms with Crippen molar-refractivity contribution in [1.29, 1.82) is 0 Å². The summed E-state index contributed by atoms with van der Waals surface area (Å²) in [5, 5.41) is 0.804. The van der Waals surface area contributed by atoms with Crippen LogP contribution in [0.25, 0.3) is 0 Å². The van der Waals surface area contributed by atoms with Gasteiger partial charge in [-0.3, -0.25) is 4.79 Å². The van der Waals surface area contributed by atoms with Crippen LogP contribution in [-0.2, 0) is 6.42 Å². The van der Waals surface area contributed by atoms with Gasteiger partial charge in [0.05, 0.1) is 6.61 Å². The molecule has 1 aliphatic carbocycles. The van der Waals surface area contributed by atoms with E-state index in [-0.39, 0.29) is 5.78 Å². The third-order valence-electron chi connectivity index (χ3n) is 2.58. The number of ether oxygens (including phenoxy) is 1. The second-order valence-electron chi connectivity index (χ2n) is 3.63. The number of rotatable bonds is 3. The third-order valence-corrected chi connectivity index (χ3v) is 2.90. The molecule has 0 bridgehead atoms. The normalized spacial score (nSPS) is 14.9. The van der Waals surface area contributed by atoms with Crippen LogP contribution >= 0.6 is 15.9 Å². The highest BCUT2D eigenvalue weighted by Gasteiger charge is 2.17. The second kappa shape index (κ2) is 4.79. The molecular weight excluding hydrogens is 256 g/mol. The van der Waals surface area contributed by atoms with Gasteiger partial charge in [-0.25, -0.2) is 0 Å². The SMILES string of the molecule is O=C1CCCc2ccc(OCCBr)cc21. The Kier molecular flexibility index (Phi) is 3.41. The van der Waals surface area contributed by atoms with Crippen LogP contribution in [0.5, 0.6) is 5.75 Å². The Bertz CT molecular complexity index is 374. The zero-order valence-electron chi connectivity index (χ0n) is 8.46. The maximum atomic E-state index is 11.6. The quantitative estimate of drug-likeness (QED) is 0.788. The van der Waals surface area contributed by atoms with E-state index >= 15 is 0 Å². The zero-order valence-corrected chi connectivity index (χ0v) is 10.0. The van der Waals surface area contributed by atoms with E-state index in [1.807, 2.05) is 18.2 Å². The number of Topliss-reactive ketones (excluding diaryl/α,β-unsaturated/α-hetero) is 1. The van der Waals surface area contributed by atoms with Gasteiger partial charge < -0.3 is 4.74 Å². The minimum Gasteiger partial charge on any atom is -0.493 e. The number of hydrogen-bond donors (Lipinski definition) is 0. The molecule has 0 saturated carbocycles. The number of halogens is 1. The summed E-state index contributed by atoms with van der Waals surface area (Å²) in [6.07, 6.45) is 2.67. The number of fused-ring (bicyclic) bond motifs is 1. The van der Waals surface area contributed by atoms with Crippen LogP contribution in [0, 0.1) is 0 Å². The topological polar surface area (TPSA) is 26.3 Å². The van der Waals surface area contributed by atoms with Gasteiger partial charge in [-0.1, -0.05) is 22.0 Å². The van der Waals surface area contributed by atoms with Gasteiger partial charge in [0, 0.05) is 17.3 Å². The lowest BCUT2D eigenvalue weighted by Gasteiger charge is -2.15. The minimum atomic E-state index is 0.251. The summed E-state index contributed by atoms with van der Waals surface area (Å²) in [5.74, 6) is 1.05. The zero-order chi connectivity index (χ0) is 10.7. The van der Waals surface area contributed by atoms with Crippen LogP contribution in [-0.4, -0.2) is 17.7 Å². The van der Waals surface area contributed by atoms with E-state index in [1.54, 1.807) is 0 Å². The summed E-state index contributed by atoms with van der Waals surface area (Å²) in [7, 11) is 0. The van der Waals surface area contributed by atoms with Gasteiger partial charge in [0.1, 0.15) is 5.75 Å². The molecule has 80 valence electrons. The summed E-state index contributed by atoms with van der Waals surface area (Å²) < 4.78 is 5.47. The van der Waals surface area contributed by atoms with E-state index in [0.717, 1.165) is 35.0 Å². The van der Waals surface area contributed by atoms with E-state index < -0.39 is 0 Å². The highest BCUT2D eigenvalue weighted by molar-refractivity contribution is 9.09. The van der Waals surface area contributed by atoms with E-state index in [9.17, 15) is 4.79 Å². The van der Waals surface area contributed by atoms with Crippen molar-refractivity contribution in [2.45, 2.75) is 19.3 Å². The van der Waals surface area contributed by atoms with Gasteiger partial charge in [-0.15, -0.1) is 0 Å². The van der Waals surface area contributed by atoms with Crippen molar-refractivity contribution in [3.05, 3.63) is 29.3 Å². The lowest BCUT2D eigenvalue weighted by Crippen LogP contribution is -2.11. The van der Waals surface area contributed by atoms with Gasteiger partial charge in [-0.2, -0.15) is 0 Å². The first-order valence-electron chi connectivity index (χ1n) is 5.16. The Hall–Kier alpha value is -0.830. The molecule has 0 atom stereocenters. The number of alkyl halides is 1. The number of carbonyl (C=O) groups is 1. The number of carbonyl (C=O) groups excluding carboxylic acids is 1. The molecule has 0 radical (unpaired) electrons. The molecular formula is C12H13BrO2. The van der Waals surface area contributed by atoms with Gasteiger partial charge in [0.25, 0.3) is 0 Å². The second-order valence-corrected chi connectivity index (χ2v) is 4.43. The Morgan fingerprint density at radius 2 is 2.20 bits per heavy atom. The number of benzene rings is 1. The fraction of sp³-hybridized carbons (Fsp3) is 0.417. The van der Waals surface area contributed by atoms with Crippen LogP contribution in [0.4, 0.5) is 0 Å². The van der Waals surface area contributed by atoms with Crippen molar-refractivity contribution in [2.24, 2.45) is 0 Å². The molecule has 0 heterocycles. The van der Waals surface area contributed by atoms with Crippen molar-refractivity contribution in [3.63, 3.8) is 0 Å². The van der Waals surface area contributed by atoms with Gasteiger partial charge >= 0.3 is 0 Å². The molecule has 1 aliphatic rings. The van der Waals surface area contributed by atoms with E-state index in [2.05, 4.69) is 15.9 Å². The lowest BCUT2D eigenvalue weighted by atomic mass is 9.90. The van der Waals surface area contributed by atoms with Gasteiger partial charge in [0.2, 0.25) is 0 Å². The lowest BCUT2D eigenvalue weighted by molar-refractivity contribution is 0.0972. The summed E-state index contributed by atoms with van der Waals surface area (Å²) in [6.45, 7) is 0.632. The van der Waals surface area contributed by atoms with Crippen molar-refractivity contribution < 1.29 is 9.53 Å². The summed E-state index contributed by atoms with van der Waals surface area (Å²) in [4.78, 5) is 11.6. The summed E-state index contributed by atoms with van der Waals surface area (Å²) in [6, 6.07) is 5.83. The molecule has 2 nitrogen and oxygen atoms in total. The smallest absolute Gasteiger partial charge is 0.163 e. The minimum absolute atomic E-state index is 0.251. The van der Waals surface area contributed by atoms with E-state index in [1.165, 1.54) is 0 Å². The van der Waals surface area contributed by atoms with Gasteiger partial charge in [0.15, 0.2) is 5.78 Å². The Morgan fingerprint density at radius 1 is 1.33 bits per heavy atom. The predicted octanol–water partition coefficient (Wildman–Crippen LogP) is 2.98. The molecule has 0 spiro atoms. The molecule has 15 heavy (non-hydrogen) atoms. The van der Waals surface area contributed by atoms with Crippen molar-refractivity contribution in [1.82, 2.24) is 0 Å². The Morgan fingerprint density at radius 3 is 3.00 bits per heavy atom. The van der Waals surface area contributed by atoms with Crippen molar-refractivity contribution in [3.8, 4) is 5.75 Å². The van der Waals surface area contributed by atoms with Crippen molar-refractivity contribution >= 4 is 21.7 Å². The van der Waals surface area contributed by atoms with E-state index in [4.69, 9.17) is 4.74 Å². The first-order chi connectivity index (χ1) is 7.31. The highest BCUT2D eigenvalue weighted by atomic mass is 79.9. The standard InChI is InChI=1S/C12H13BrO2/c13-6-7-15-10-5-4-9-2-1-3-12(14)11(9)8-10/h4-5,8H,1-3,6-7H2. The molecule has 0 amide bonds. The first kappa shape index (κ1) is 10.7. The van der Waals surface area contributed by atoms with Crippen LogP contribution in [0.1, 0.15) is 28.8 Å². The number of aryl methyl sites for hydroxylation is 1. The van der Waals surface area contributed by atoms with Gasteiger partial charge in [-0.05, 0) is 30.5 Å². The molecule has 1 aromatic carbocycles. The molecule has 0 aliphatic heterocycles. The molecule has 0 aromatic heterocycles. The molecule has 3 heteroatoms. The number of hydrogen-bond acceptors (Lipinski definition) is 2. The molecule has 1 aromatic rings. The van der Waals surface area contributed by atoms with Crippen LogP contribution in [0.2, 0.25) is 0 Å². The molecule has 2 rings (SSSR count). The summed E-state index contributed by atoms with van der Waals surface area (Å²) in [5.41, 5.74) is 2.02. The monoisotopic (exact) mass is 268 g/mol. The maximum absolute atomic E-state index is 11.6. The highest BCUT2D eigenvalue weighted by Crippen LogP contribution is 2.25. The Labute approximate surface area is 97.8 Å². The molecule has 0 saturated heterocycles. The molecule has 0 unspecified atom stereocenters. The number of ketones is 1. The molecule has 0 N–H and O–H groups in total. The largest absolute Gasteiger partial charge is 0.493 e. The third kappa shape index (κ3) is 2.40. The van der Waals surface area contributed by atoms with Crippen molar-refractivity contribution in [2.75, 3.05) is 11.9 Å². The fourth-order valence-corrected chi connectivity index (χ4v) is 2.02. The fourth-order valence-electron chi connectivity index (χ4n) is 1.85. The predicted molar refractivity (Wildman–Crippen MR) is 63.0 cm³/mol. The summed E-state index contributed by atoms with van der Waals surface area (Å²) >= 11 is 3.30. The van der Waals surface area contributed by atoms with Crippen LogP contribution < -0.4 is 4.74 Å². The van der Waals surface area contributed by atoms with E-state index in [0.29, 0.717) is 13.0 Å². The first-order valence-corrected chi connectivity index (χ1v) is 6.28. The molecule has 0 fully saturated rings. The maximum Gasteiger partial charge on any atom is 0.163 e. The average Bonchev–Trinajstić information content (AvgIpc) is 2.27. The van der Waals surface area contributed by atoms with Crippen LogP contribution in [0.3, 0.4) is 0 Å².